The van der Waals surface area contributed by atoms with Crippen LogP contribution in [0.3, 0.4) is 0 Å². The summed E-state index contributed by atoms with van der Waals surface area (Å²) >= 11 is 1.50. The van der Waals surface area contributed by atoms with Crippen molar-refractivity contribution >= 4 is 17.5 Å². The highest BCUT2D eigenvalue weighted by atomic mass is 32.2. The van der Waals surface area contributed by atoms with Crippen LogP contribution in [0.2, 0.25) is 0 Å². The molecule has 4 rings (SSSR count). The molecule has 1 aliphatic heterocycles. The normalized spacial score (nSPS) is 16.0. The Kier molecular flexibility index (Phi) is 7.50. The molecule has 0 aliphatic carbocycles. The first-order chi connectivity index (χ1) is 15.6. The Morgan fingerprint density at radius 3 is 2.78 bits per heavy atom. The molecule has 1 fully saturated rings. The number of ketones is 1. The van der Waals surface area contributed by atoms with Crippen LogP contribution in [-0.4, -0.2) is 52.1 Å². The van der Waals surface area contributed by atoms with E-state index in [9.17, 15) is 4.79 Å². The van der Waals surface area contributed by atoms with Gasteiger partial charge in [-0.1, -0.05) is 42.1 Å². The number of rotatable bonds is 10. The van der Waals surface area contributed by atoms with Crippen molar-refractivity contribution in [1.29, 1.82) is 0 Å². The minimum atomic E-state index is 0.125. The summed E-state index contributed by atoms with van der Waals surface area (Å²) in [7, 11) is 1.69. The zero-order valence-electron chi connectivity index (χ0n) is 19.0. The predicted molar refractivity (Wildman–Crippen MR) is 127 cm³/mol. The van der Waals surface area contributed by atoms with Crippen LogP contribution >= 0.6 is 11.8 Å². The van der Waals surface area contributed by atoms with E-state index in [0.717, 1.165) is 65.9 Å². The third-order valence-corrected chi connectivity index (χ3v) is 7.01. The fourth-order valence-electron chi connectivity index (χ4n) is 4.30. The summed E-state index contributed by atoms with van der Waals surface area (Å²) in [4.78, 5) is 17.8. The molecule has 2 aromatic heterocycles. The number of nitrogens with zero attached hydrogens (tertiary/aromatic N) is 3. The molecule has 3 heterocycles. The SMILES string of the molecule is COCCn1c(C)cc(C(=O)CSc2ncc(-c3ccccc3)n2CC2CCCO2)c1C. The topological polar surface area (TPSA) is 58.3 Å². The van der Waals surface area contributed by atoms with E-state index in [-0.39, 0.29) is 11.9 Å². The first-order valence-electron chi connectivity index (χ1n) is 11.1. The fraction of sp³-hybridized carbons (Fsp3) is 0.440. The number of methoxy groups -OCH3 is 1. The third kappa shape index (κ3) is 5.00. The van der Waals surface area contributed by atoms with Crippen LogP contribution in [0.25, 0.3) is 11.3 Å². The smallest absolute Gasteiger partial charge is 0.175 e. The first kappa shape index (κ1) is 22.8. The Labute approximate surface area is 193 Å². The van der Waals surface area contributed by atoms with E-state index in [4.69, 9.17) is 9.47 Å². The van der Waals surface area contributed by atoms with Gasteiger partial charge < -0.3 is 18.6 Å². The van der Waals surface area contributed by atoms with Crippen LogP contribution in [0, 0.1) is 13.8 Å². The molecule has 1 aromatic carbocycles. The van der Waals surface area contributed by atoms with Gasteiger partial charge in [0.1, 0.15) is 0 Å². The largest absolute Gasteiger partial charge is 0.383 e. The van der Waals surface area contributed by atoms with Gasteiger partial charge in [0, 0.05) is 37.2 Å². The lowest BCUT2D eigenvalue weighted by molar-refractivity contribution is 0.0954. The molecule has 32 heavy (non-hydrogen) atoms. The molecule has 0 amide bonds. The number of aryl methyl sites for hydroxylation is 1. The second kappa shape index (κ2) is 10.5. The van der Waals surface area contributed by atoms with Gasteiger partial charge in [0.2, 0.25) is 0 Å². The van der Waals surface area contributed by atoms with Crippen LogP contribution in [0.1, 0.15) is 34.6 Å². The van der Waals surface area contributed by atoms with Crippen LogP contribution in [0.5, 0.6) is 0 Å². The molecule has 0 saturated carbocycles. The van der Waals surface area contributed by atoms with Gasteiger partial charge in [-0.05, 0) is 38.3 Å². The number of Topliss-reactive ketones (excluding diaryl/α,β-unsaturated/α-hetero) is 1. The quantitative estimate of drug-likeness (QED) is 0.327. The second-order valence-electron chi connectivity index (χ2n) is 8.18. The minimum Gasteiger partial charge on any atom is -0.383 e. The van der Waals surface area contributed by atoms with Crippen molar-refractivity contribution < 1.29 is 14.3 Å². The summed E-state index contributed by atoms with van der Waals surface area (Å²) in [5, 5.41) is 0.862. The van der Waals surface area contributed by atoms with Crippen molar-refractivity contribution in [1.82, 2.24) is 14.1 Å². The molecular weight excluding hydrogens is 422 g/mol. The van der Waals surface area contributed by atoms with E-state index in [1.54, 1.807) is 7.11 Å². The van der Waals surface area contributed by atoms with Gasteiger partial charge >= 0.3 is 0 Å². The molecule has 0 spiro atoms. The van der Waals surface area contributed by atoms with Crippen molar-refractivity contribution in [2.24, 2.45) is 0 Å². The maximum absolute atomic E-state index is 13.1. The lowest BCUT2D eigenvalue weighted by Gasteiger charge is -2.16. The third-order valence-electron chi connectivity index (χ3n) is 6.02. The van der Waals surface area contributed by atoms with Gasteiger partial charge in [0.25, 0.3) is 0 Å². The number of benzene rings is 1. The highest BCUT2D eigenvalue weighted by molar-refractivity contribution is 7.99. The van der Waals surface area contributed by atoms with Crippen molar-refractivity contribution in [2.75, 3.05) is 26.1 Å². The Bertz CT molecular complexity index is 1050. The Hall–Kier alpha value is -2.35. The fourth-order valence-corrected chi connectivity index (χ4v) is 5.17. The summed E-state index contributed by atoms with van der Waals surface area (Å²) in [6.45, 7) is 6.99. The number of aromatic nitrogens is 3. The molecule has 0 radical (unpaired) electrons. The van der Waals surface area contributed by atoms with Gasteiger partial charge in [-0.15, -0.1) is 0 Å². The highest BCUT2D eigenvalue weighted by Gasteiger charge is 2.22. The molecule has 6 nitrogen and oxygen atoms in total. The zero-order valence-corrected chi connectivity index (χ0v) is 19.9. The van der Waals surface area contributed by atoms with Crippen molar-refractivity contribution in [3.63, 3.8) is 0 Å². The summed E-state index contributed by atoms with van der Waals surface area (Å²) in [6.07, 6.45) is 4.26. The molecule has 7 heteroatoms. The number of carbonyl (C=O) groups is 1. The standard InChI is InChI=1S/C25H31N3O3S/c1-18-14-22(19(2)27(18)11-13-30-3)24(29)17-32-25-26-15-23(20-8-5-4-6-9-20)28(25)16-21-10-7-12-31-21/h4-6,8-9,14-15,21H,7,10-13,16-17H2,1-3H3. The van der Waals surface area contributed by atoms with Crippen molar-refractivity contribution in [2.45, 2.75) is 51.0 Å². The number of carbonyl (C=O) groups excluding carboxylic acids is 1. The molecule has 3 aromatic rings. The van der Waals surface area contributed by atoms with Crippen LogP contribution in [-0.2, 0) is 22.6 Å². The molecule has 1 atom stereocenters. The van der Waals surface area contributed by atoms with E-state index in [2.05, 4.69) is 26.3 Å². The van der Waals surface area contributed by atoms with E-state index in [1.165, 1.54) is 11.8 Å². The molecule has 1 aliphatic rings. The molecular formula is C25H31N3O3S. The highest BCUT2D eigenvalue weighted by Crippen LogP contribution is 2.29. The second-order valence-corrected chi connectivity index (χ2v) is 9.12. The molecule has 0 N–H and O–H groups in total. The summed E-state index contributed by atoms with van der Waals surface area (Å²) in [5.74, 6) is 0.477. The molecule has 1 unspecified atom stereocenters. The zero-order chi connectivity index (χ0) is 22.5. The molecule has 1 saturated heterocycles. The lowest BCUT2D eigenvalue weighted by Crippen LogP contribution is -2.17. The van der Waals surface area contributed by atoms with E-state index >= 15 is 0 Å². The monoisotopic (exact) mass is 453 g/mol. The van der Waals surface area contributed by atoms with Crippen molar-refractivity contribution in [3.8, 4) is 11.3 Å². The number of hydrogen-bond acceptors (Lipinski definition) is 5. The average molecular weight is 454 g/mol. The van der Waals surface area contributed by atoms with E-state index in [1.807, 2.05) is 44.3 Å². The van der Waals surface area contributed by atoms with Gasteiger partial charge in [0.15, 0.2) is 10.9 Å². The van der Waals surface area contributed by atoms with Gasteiger partial charge in [-0.25, -0.2) is 4.98 Å². The molecule has 170 valence electrons. The summed E-state index contributed by atoms with van der Waals surface area (Å²) < 4.78 is 15.5. The van der Waals surface area contributed by atoms with Gasteiger partial charge in [-0.2, -0.15) is 0 Å². The molecule has 0 bridgehead atoms. The number of ether oxygens (including phenoxy) is 2. The van der Waals surface area contributed by atoms with Crippen LogP contribution < -0.4 is 0 Å². The van der Waals surface area contributed by atoms with E-state index < -0.39 is 0 Å². The number of imidazole rings is 1. The summed E-state index contributed by atoms with van der Waals surface area (Å²) in [5.41, 5.74) is 5.05. The Balaban J connectivity index is 1.53. The minimum absolute atomic E-state index is 0.125. The Morgan fingerprint density at radius 1 is 1.25 bits per heavy atom. The summed E-state index contributed by atoms with van der Waals surface area (Å²) in [6, 6.07) is 12.3. The van der Waals surface area contributed by atoms with Gasteiger partial charge in [-0.3, -0.25) is 4.79 Å². The Morgan fingerprint density at radius 2 is 2.06 bits per heavy atom. The predicted octanol–water partition coefficient (Wildman–Crippen LogP) is 4.77. The lowest BCUT2D eigenvalue weighted by atomic mass is 10.1. The first-order valence-corrected chi connectivity index (χ1v) is 12.1. The average Bonchev–Trinajstić information content (AvgIpc) is 3.52. The maximum atomic E-state index is 13.1. The number of thioether (sulfide) groups is 1. The van der Waals surface area contributed by atoms with E-state index in [0.29, 0.717) is 12.4 Å². The van der Waals surface area contributed by atoms with Crippen LogP contribution in [0.15, 0.2) is 47.8 Å². The van der Waals surface area contributed by atoms with Gasteiger partial charge in [0.05, 0.1) is 36.9 Å². The number of hydrogen-bond donors (Lipinski definition) is 0. The van der Waals surface area contributed by atoms with Crippen molar-refractivity contribution in [3.05, 3.63) is 59.5 Å². The van der Waals surface area contributed by atoms with Crippen LogP contribution in [0.4, 0.5) is 0 Å². The maximum Gasteiger partial charge on any atom is 0.175 e.